The van der Waals surface area contributed by atoms with E-state index in [1.165, 1.54) is 0 Å². The standard InChI is InChI=1S/C19H16N2O2/c1-2-15(22)17-16(13-9-5-3-6-10-13)18(20-21-19(17)23)14-11-7-4-8-12-14/h3-12H,2H2,1H3,(H,21,23). The minimum atomic E-state index is -0.449. The molecule has 3 rings (SSSR count). The summed E-state index contributed by atoms with van der Waals surface area (Å²) in [7, 11) is 0. The van der Waals surface area contributed by atoms with Crippen molar-refractivity contribution in [2.75, 3.05) is 0 Å². The summed E-state index contributed by atoms with van der Waals surface area (Å²) in [6, 6.07) is 19.0. The van der Waals surface area contributed by atoms with Crippen LogP contribution in [0.15, 0.2) is 65.5 Å². The van der Waals surface area contributed by atoms with Gasteiger partial charge in [-0.05, 0) is 5.56 Å². The predicted octanol–water partition coefficient (Wildman–Crippen LogP) is 3.70. The van der Waals surface area contributed by atoms with Gasteiger partial charge in [-0.15, -0.1) is 0 Å². The van der Waals surface area contributed by atoms with Crippen molar-refractivity contribution in [3.63, 3.8) is 0 Å². The van der Waals surface area contributed by atoms with E-state index in [0.29, 0.717) is 11.3 Å². The van der Waals surface area contributed by atoms with Gasteiger partial charge in [-0.25, -0.2) is 5.10 Å². The summed E-state index contributed by atoms with van der Waals surface area (Å²) in [4.78, 5) is 24.6. The number of hydrogen-bond acceptors (Lipinski definition) is 3. The average Bonchev–Trinajstić information content (AvgIpc) is 2.62. The smallest absolute Gasteiger partial charge is 0.275 e. The summed E-state index contributed by atoms with van der Waals surface area (Å²) in [6.07, 6.45) is 0.265. The zero-order chi connectivity index (χ0) is 16.2. The van der Waals surface area contributed by atoms with Crippen LogP contribution in [0.1, 0.15) is 23.7 Å². The summed E-state index contributed by atoms with van der Waals surface area (Å²) >= 11 is 0. The van der Waals surface area contributed by atoms with Gasteiger partial charge in [0.15, 0.2) is 5.78 Å². The molecule has 0 unspecified atom stereocenters. The van der Waals surface area contributed by atoms with Gasteiger partial charge in [0.25, 0.3) is 5.56 Å². The van der Waals surface area contributed by atoms with E-state index in [1.54, 1.807) is 6.92 Å². The minimum absolute atomic E-state index is 0.174. The molecule has 23 heavy (non-hydrogen) atoms. The van der Waals surface area contributed by atoms with Crippen molar-refractivity contribution < 1.29 is 4.79 Å². The second-order valence-corrected chi connectivity index (χ2v) is 5.16. The van der Waals surface area contributed by atoms with E-state index in [2.05, 4.69) is 10.2 Å². The largest absolute Gasteiger partial charge is 0.294 e. The van der Waals surface area contributed by atoms with Gasteiger partial charge in [0.05, 0.1) is 11.3 Å². The molecular formula is C19H16N2O2. The number of nitrogens with zero attached hydrogens (tertiary/aromatic N) is 1. The van der Waals surface area contributed by atoms with E-state index in [4.69, 9.17) is 0 Å². The molecule has 0 spiro atoms. The fourth-order valence-corrected chi connectivity index (χ4v) is 2.58. The highest BCUT2D eigenvalue weighted by molar-refractivity contribution is 6.04. The molecule has 0 aliphatic carbocycles. The number of carbonyl (C=O) groups excluding carboxylic acids is 1. The van der Waals surface area contributed by atoms with Gasteiger partial charge >= 0.3 is 0 Å². The van der Waals surface area contributed by atoms with Crippen molar-refractivity contribution in [1.82, 2.24) is 10.2 Å². The lowest BCUT2D eigenvalue weighted by Gasteiger charge is -2.12. The summed E-state index contributed by atoms with van der Waals surface area (Å²) in [6.45, 7) is 1.75. The van der Waals surface area contributed by atoms with Gasteiger partial charge in [0.1, 0.15) is 0 Å². The van der Waals surface area contributed by atoms with E-state index in [0.717, 1.165) is 11.1 Å². The molecule has 3 aromatic rings. The molecule has 0 bridgehead atoms. The number of rotatable bonds is 4. The van der Waals surface area contributed by atoms with Crippen LogP contribution >= 0.6 is 0 Å². The van der Waals surface area contributed by atoms with E-state index in [9.17, 15) is 9.59 Å². The van der Waals surface area contributed by atoms with Crippen LogP contribution in [-0.2, 0) is 0 Å². The Hall–Kier alpha value is -3.01. The van der Waals surface area contributed by atoms with Crippen LogP contribution in [-0.4, -0.2) is 16.0 Å². The number of hydrogen-bond donors (Lipinski definition) is 1. The second kappa shape index (κ2) is 6.40. The Morgan fingerprint density at radius 3 is 2.09 bits per heavy atom. The van der Waals surface area contributed by atoms with Crippen molar-refractivity contribution >= 4 is 5.78 Å². The number of aromatic nitrogens is 2. The quantitative estimate of drug-likeness (QED) is 0.748. The van der Waals surface area contributed by atoms with Gasteiger partial charge in [-0.3, -0.25) is 9.59 Å². The fraction of sp³-hybridized carbons (Fsp3) is 0.105. The summed E-state index contributed by atoms with van der Waals surface area (Å²) in [5.41, 5.74) is 2.58. The average molecular weight is 304 g/mol. The second-order valence-electron chi connectivity index (χ2n) is 5.16. The first-order valence-electron chi connectivity index (χ1n) is 7.49. The van der Waals surface area contributed by atoms with Crippen LogP contribution in [0.4, 0.5) is 0 Å². The zero-order valence-corrected chi connectivity index (χ0v) is 12.7. The molecule has 0 aliphatic rings. The molecule has 0 aliphatic heterocycles. The number of Topliss-reactive ketones (excluding diaryl/α,β-unsaturated/α-hetero) is 1. The van der Waals surface area contributed by atoms with Gasteiger partial charge < -0.3 is 0 Å². The maximum absolute atomic E-state index is 12.4. The Labute approximate surface area is 133 Å². The Morgan fingerprint density at radius 2 is 1.52 bits per heavy atom. The monoisotopic (exact) mass is 304 g/mol. The molecular weight excluding hydrogens is 288 g/mol. The highest BCUT2D eigenvalue weighted by Crippen LogP contribution is 2.31. The van der Waals surface area contributed by atoms with Crippen molar-refractivity contribution in [3.05, 3.63) is 76.6 Å². The maximum Gasteiger partial charge on any atom is 0.275 e. The molecule has 0 saturated heterocycles. The van der Waals surface area contributed by atoms with Crippen LogP contribution in [0.2, 0.25) is 0 Å². The molecule has 1 heterocycles. The van der Waals surface area contributed by atoms with Crippen LogP contribution in [0.5, 0.6) is 0 Å². The first kappa shape index (κ1) is 14.9. The summed E-state index contributed by atoms with van der Waals surface area (Å²) in [5, 5.41) is 6.68. The molecule has 1 aromatic heterocycles. The van der Waals surface area contributed by atoms with E-state index < -0.39 is 5.56 Å². The fourth-order valence-electron chi connectivity index (χ4n) is 2.58. The normalized spacial score (nSPS) is 10.5. The Bertz CT molecular complexity index is 884. The highest BCUT2D eigenvalue weighted by Gasteiger charge is 2.21. The van der Waals surface area contributed by atoms with Crippen molar-refractivity contribution in [2.45, 2.75) is 13.3 Å². The number of benzene rings is 2. The maximum atomic E-state index is 12.4. The van der Waals surface area contributed by atoms with Gasteiger partial charge in [-0.1, -0.05) is 67.6 Å². The van der Waals surface area contributed by atoms with E-state index >= 15 is 0 Å². The molecule has 0 saturated carbocycles. The number of aromatic amines is 1. The highest BCUT2D eigenvalue weighted by atomic mass is 16.1. The van der Waals surface area contributed by atoms with Crippen molar-refractivity contribution in [2.24, 2.45) is 0 Å². The lowest BCUT2D eigenvalue weighted by Crippen LogP contribution is -2.21. The molecule has 2 aromatic carbocycles. The minimum Gasteiger partial charge on any atom is -0.294 e. The molecule has 0 fully saturated rings. The summed E-state index contributed by atoms with van der Waals surface area (Å²) < 4.78 is 0. The molecule has 0 amide bonds. The molecule has 0 radical (unpaired) electrons. The van der Waals surface area contributed by atoms with Crippen LogP contribution < -0.4 is 5.56 Å². The molecule has 1 N–H and O–H groups in total. The topological polar surface area (TPSA) is 62.8 Å². The van der Waals surface area contributed by atoms with Crippen LogP contribution in [0.25, 0.3) is 22.4 Å². The van der Waals surface area contributed by atoms with Gasteiger partial charge in [0.2, 0.25) is 0 Å². The molecule has 114 valence electrons. The Balaban J connectivity index is 2.38. The first-order chi connectivity index (χ1) is 11.2. The lowest BCUT2D eigenvalue weighted by atomic mass is 9.93. The molecule has 0 atom stereocenters. The number of carbonyl (C=O) groups is 1. The Kier molecular flexibility index (Phi) is 4.15. The van der Waals surface area contributed by atoms with E-state index in [1.807, 2.05) is 60.7 Å². The van der Waals surface area contributed by atoms with E-state index in [-0.39, 0.29) is 17.8 Å². The van der Waals surface area contributed by atoms with Crippen molar-refractivity contribution in [3.8, 4) is 22.4 Å². The van der Waals surface area contributed by atoms with Crippen LogP contribution in [0.3, 0.4) is 0 Å². The lowest BCUT2D eigenvalue weighted by molar-refractivity contribution is 0.0987. The molecule has 4 nitrogen and oxygen atoms in total. The van der Waals surface area contributed by atoms with Gasteiger partial charge in [-0.2, -0.15) is 5.10 Å². The third-order valence-corrected chi connectivity index (χ3v) is 3.69. The predicted molar refractivity (Wildman–Crippen MR) is 90.4 cm³/mol. The number of H-pyrrole nitrogens is 1. The SMILES string of the molecule is CCC(=O)c1c(-c2ccccc2)c(-c2ccccc2)n[nH]c1=O. The summed E-state index contributed by atoms with van der Waals surface area (Å²) in [5.74, 6) is -0.190. The van der Waals surface area contributed by atoms with Crippen molar-refractivity contribution in [1.29, 1.82) is 0 Å². The molecule has 4 heteroatoms. The number of nitrogens with one attached hydrogen (secondary N) is 1. The number of ketones is 1. The third-order valence-electron chi connectivity index (χ3n) is 3.69. The van der Waals surface area contributed by atoms with Gasteiger partial charge in [0, 0.05) is 17.5 Å². The van der Waals surface area contributed by atoms with Crippen LogP contribution in [0, 0.1) is 0 Å². The first-order valence-corrected chi connectivity index (χ1v) is 7.49. The Morgan fingerprint density at radius 1 is 0.957 bits per heavy atom. The zero-order valence-electron chi connectivity index (χ0n) is 12.7. The third kappa shape index (κ3) is 2.83.